The Bertz CT molecular complexity index is 711. The van der Waals surface area contributed by atoms with E-state index in [2.05, 4.69) is 21.4 Å². The van der Waals surface area contributed by atoms with Crippen molar-refractivity contribution in [3.05, 3.63) is 47.8 Å². The van der Waals surface area contributed by atoms with Gasteiger partial charge in [0.15, 0.2) is 0 Å². The van der Waals surface area contributed by atoms with Gasteiger partial charge in [-0.15, -0.1) is 0 Å². The first kappa shape index (κ1) is 16.5. The number of nitrogens with one attached hydrogen (secondary N) is 1. The second-order valence-electron chi connectivity index (χ2n) is 6.43. The lowest BCUT2D eigenvalue weighted by molar-refractivity contribution is -0.126. The third-order valence-electron chi connectivity index (χ3n) is 4.18. The Kier molecular flexibility index (Phi) is 4.85. The van der Waals surface area contributed by atoms with Crippen LogP contribution in [0.15, 0.2) is 36.5 Å². The van der Waals surface area contributed by atoms with Gasteiger partial charge >= 0.3 is 0 Å². The Labute approximate surface area is 142 Å². The monoisotopic (exact) mass is 328 g/mol. The maximum absolute atomic E-state index is 12.6. The number of methoxy groups -OCH3 is 1. The van der Waals surface area contributed by atoms with Crippen molar-refractivity contribution < 1.29 is 9.53 Å². The van der Waals surface area contributed by atoms with Crippen LogP contribution in [0.4, 0.5) is 0 Å². The minimum Gasteiger partial charge on any atom is -0.496 e. The van der Waals surface area contributed by atoms with Gasteiger partial charge in [0.2, 0.25) is 5.91 Å². The molecule has 6 heteroatoms. The zero-order valence-electron chi connectivity index (χ0n) is 14.4. The fourth-order valence-corrected chi connectivity index (χ4v) is 3.13. The fraction of sp³-hybridized carbons (Fsp3) is 0.444. The van der Waals surface area contributed by atoms with E-state index in [1.807, 2.05) is 42.8 Å². The lowest BCUT2D eigenvalue weighted by atomic mass is 10.1. The molecule has 1 aliphatic rings. The molecular weight excluding hydrogens is 304 g/mol. The van der Waals surface area contributed by atoms with E-state index in [1.165, 1.54) is 0 Å². The summed E-state index contributed by atoms with van der Waals surface area (Å²) in [6.45, 7) is 6.07. The second-order valence-corrected chi connectivity index (χ2v) is 6.43. The van der Waals surface area contributed by atoms with E-state index in [0.717, 1.165) is 30.1 Å². The molecule has 0 fully saturated rings. The van der Waals surface area contributed by atoms with Crippen LogP contribution in [0.2, 0.25) is 0 Å². The number of fused-ring (bicyclic) bond motifs is 1. The number of rotatable bonds is 5. The molecule has 2 heterocycles. The van der Waals surface area contributed by atoms with Gasteiger partial charge in [-0.05, 0) is 26.0 Å². The summed E-state index contributed by atoms with van der Waals surface area (Å²) in [6, 6.07) is 9.79. The maximum atomic E-state index is 12.6. The summed E-state index contributed by atoms with van der Waals surface area (Å²) < 4.78 is 7.29. The molecule has 1 aliphatic heterocycles. The van der Waals surface area contributed by atoms with E-state index in [1.54, 1.807) is 13.3 Å². The molecule has 1 aromatic carbocycles. The van der Waals surface area contributed by atoms with E-state index in [0.29, 0.717) is 6.54 Å². The molecule has 1 amide bonds. The highest BCUT2D eigenvalue weighted by molar-refractivity contribution is 5.81. The summed E-state index contributed by atoms with van der Waals surface area (Å²) in [5.74, 6) is 0.888. The third kappa shape index (κ3) is 3.43. The molecule has 24 heavy (non-hydrogen) atoms. The normalized spacial score (nSPS) is 17.6. The zero-order chi connectivity index (χ0) is 17.1. The number of aromatic nitrogens is 2. The summed E-state index contributed by atoms with van der Waals surface area (Å²) in [6.07, 6.45) is 1.76. The van der Waals surface area contributed by atoms with Crippen LogP contribution < -0.4 is 10.1 Å². The van der Waals surface area contributed by atoms with Crippen LogP contribution in [-0.2, 0) is 17.9 Å². The molecule has 0 aliphatic carbocycles. The van der Waals surface area contributed by atoms with Crippen LogP contribution in [-0.4, -0.2) is 40.3 Å². The summed E-state index contributed by atoms with van der Waals surface area (Å²) in [4.78, 5) is 14.8. The quantitative estimate of drug-likeness (QED) is 0.912. The molecule has 3 rings (SSSR count). The SMILES string of the molecule is COc1ccccc1CN1Cc2ccnn2C(C(=O)NC(C)C)C1. The Morgan fingerprint density at radius 2 is 2.17 bits per heavy atom. The average Bonchev–Trinajstić information content (AvgIpc) is 3.02. The minimum absolute atomic E-state index is 0.0136. The number of carbonyl (C=O) groups is 1. The molecule has 2 aromatic rings. The molecule has 1 atom stereocenters. The lowest BCUT2D eigenvalue weighted by Gasteiger charge is -2.33. The van der Waals surface area contributed by atoms with Crippen LogP contribution >= 0.6 is 0 Å². The van der Waals surface area contributed by atoms with E-state index < -0.39 is 0 Å². The number of benzene rings is 1. The number of hydrogen-bond acceptors (Lipinski definition) is 4. The molecule has 0 bridgehead atoms. The van der Waals surface area contributed by atoms with Gasteiger partial charge in [-0.3, -0.25) is 14.4 Å². The summed E-state index contributed by atoms with van der Waals surface area (Å²) in [5.41, 5.74) is 2.18. The molecule has 0 saturated carbocycles. The third-order valence-corrected chi connectivity index (χ3v) is 4.18. The van der Waals surface area contributed by atoms with Gasteiger partial charge in [-0.1, -0.05) is 18.2 Å². The van der Waals surface area contributed by atoms with Crippen LogP contribution in [0, 0.1) is 0 Å². The molecule has 0 spiro atoms. The van der Waals surface area contributed by atoms with Gasteiger partial charge in [0, 0.05) is 37.4 Å². The van der Waals surface area contributed by atoms with Crippen molar-refractivity contribution in [1.29, 1.82) is 0 Å². The van der Waals surface area contributed by atoms with Crippen LogP contribution in [0.1, 0.15) is 31.1 Å². The fourth-order valence-electron chi connectivity index (χ4n) is 3.13. The average molecular weight is 328 g/mol. The lowest BCUT2D eigenvalue weighted by Crippen LogP contribution is -2.46. The summed E-state index contributed by atoms with van der Waals surface area (Å²) in [5, 5.41) is 7.35. The summed E-state index contributed by atoms with van der Waals surface area (Å²) in [7, 11) is 1.68. The standard InChI is InChI=1S/C18H24N4O2/c1-13(2)20-18(23)16-12-21(11-15-8-9-19-22(15)16)10-14-6-4-5-7-17(14)24-3/h4-9,13,16H,10-12H2,1-3H3,(H,20,23). The maximum Gasteiger partial charge on any atom is 0.246 e. The molecule has 6 nitrogen and oxygen atoms in total. The minimum atomic E-state index is -0.305. The molecule has 1 unspecified atom stereocenters. The molecule has 1 aromatic heterocycles. The van der Waals surface area contributed by atoms with Gasteiger partial charge in [0.25, 0.3) is 0 Å². The van der Waals surface area contributed by atoms with Gasteiger partial charge < -0.3 is 10.1 Å². The topological polar surface area (TPSA) is 59.4 Å². The number of carbonyl (C=O) groups excluding carboxylic acids is 1. The highest BCUT2D eigenvalue weighted by atomic mass is 16.5. The number of hydrogen-bond donors (Lipinski definition) is 1. The molecule has 0 radical (unpaired) electrons. The Morgan fingerprint density at radius 1 is 1.38 bits per heavy atom. The van der Waals surface area contributed by atoms with E-state index >= 15 is 0 Å². The second kappa shape index (κ2) is 7.05. The predicted molar refractivity (Wildman–Crippen MR) is 91.7 cm³/mol. The van der Waals surface area contributed by atoms with Crippen molar-refractivity contribution in [2.45, 2.75) is 39.0 Å². The van der Waals surface area contributed by atoms with Crippen LogP contribution in [0.5, 0.6) is 5.75 Å². The van der Waals surface area contributed by atoms with Gasteiger partial charge in [-0.2, -0.15) is 5.10 Å². The van der Waals surface area contributed by atoms with Crippen molar-refractivity contribution >= 4 is 5.91 Å². The van der Waals surface area contributed by atoms with Crippen molar-refractivity contribution in [2.24, 2.45) is 0 Å². The van der Waals surface area contributed by atoms with Crippen molar-refractivity contribution in [1.82, 2.24) is 20.0 Å². The van der Waals surface area contributed by atoms with Crippen molar-refractivity contribution in [2.75, 3.05) is 13.7 Å². The number of nitrogens with zero attached hydrogens (tertiary/aromatic N) is 3. The molecule has 1 N–H and O–H groups in total. The van der Waals surface area contributed by atoms with Gasteiger partial charge in [-0.25, -0.2) is 0 Å². The number of ether oxygens (including phenoxy) is 1. The molecule has 0 saturated heterocycles. The molecular formula is C18H24N4O2. The van der Waals surface area contributed by atoms with E-state index in [-0.39, 0.29) is 18.0 Å². The summed E-state index contributed by atoms with van der Waals surface area (Å²) >= 11 is 0. The van der Waals surface area contributed by atoms with Crippen LogP contribution in [0.3, 0.4) is 0 Å². The number of para-hydroxylation sites is 1. The Hall–Kier alpha value is -2.34. The highest BCUT2D eigenvalue weighted by Gasteiger charge is 2.31. The number of amides is 1. The van der Waals surface area contributed by atoms with Crippen molar-refractivity contribution in [3.8, 4) is 5.75 Å². The van der Waals surface area contributed by atoms with E-state index in [4.69, 9.17) is 4.74 Å². The first-order valence-electron chi connectivity index (χ1n) is 8.25. The largest absolute Gasteiger partial charge is 0.496 e. The smallest absolute Gasteiger partial charge is 0.246 e. The van der Waals surface area contributed by atoms with Crippen LogP contribution in [0.25, 0.3) is 0 Å². The predicted octanol–water partition coefficient (Wildman–Crippen LogP) is 1.97. The van der Waals surface area contributed by atoms with E-state index in [9.17, 15) is 4.79 Å². The first-order valence-corrected chi connectivity index (χ1v) is 8.25. The van der Waals surface area contributed by atoms with Crippen molar-refractivity contribution in [3.63, 3.8) is 0 Å². The Balaban J connectivity index is 1.81. The zero-order valence-corrected chi connectivity index (χ0v) is 14.4. The van der Waals surface area contributed by atoms with Gasteiger partial charge in [0.1, 0.15) is 11.8 Å². The molecule has 128 valence electrons. The highest BCUT2D eigenvalue weighted by Crippen LogP contribution is 2.25. The Morgan fingerprint density at radius 3 is 2.92 bits per heavy atom. The van der Waals surface area contributed by atoms with Gasteiger partial charge in [0.05, 0.1) is 12.8 Å². The first-order chi connectivity index (χ1) is 11.6.